The van der Waals surface area contributed by atoms with E-state index in [-0.39, 0.29) is 11.1 Å². The third-order valence-corrected chi connectivity index (χ3v) is 14.2. The first-order chi connectivity index (χ1) is 33.0. The predicted molar refractivity (Wildman–Crippen MR) is 291 cm³/mol. The second-order valence-electron chi connectivity index (χ2n) is 20.6. The van der Waals surface area contributed by atoms with E-state index in [0.29, 0.717) is 0 Å². The first kappa shape index (κ1) is 40.2. The Balaban J connectivity index is 0.925. The number of aromatic nitrogens is 2. The standard InChI is InChI=1S/C64H52N4/c1-63(2,3)67-55-25-15-13-23-49(55)61-57(27-17-29-59(61)67)65(45-19-9-7-10-20-45)47-33-31-41-37-51-53(39-43(41)35-47)52-38-42-32-34-48(36-44(42)40-54(51)52)66(46-21-11-8-12-22-46)58-28-18-30-60-62(58)50-24-14-16-26-56(50)68(60)64(4,5)6/h7-40H,1-6H3. The molecular formula is C64H52N4. The molecule has 0 bridgehead atoms. The molecule has 0 spiro atoms. The van der Waals surface area contributed by atoms with Crippen molar-refractivity contribution in [1.29, 1.82) is 0 Å². The quantitative estimate of drug-likeness (QED) is 0.165. The number of nitrogens with zero attached hydrogens (tertiary/aromatic N) is 4. The molecule has 0 saturated heterocycles. The van der Waals surface area contributed by atoms with Crippen LogP contribution in [0.15, 0.2) is 206 Å². The molecule has 4 heteroatoms. The summed E-state index contributed by atoms with van der Waals surface area (Å²) < 4.78 is 5.00. The Kier molecular flexibility index (Phi) is 8.70. The van der Waals surface area contributed by atoms with Gasteiger partial charge in [-0.05, 0) is 195 Å². The SMILES string of the molecule is CC(C)(C)n1c2ccccc2c2c(N(c3ccccc3)c3ccc4cc5c(cc4c3)-c3cc4ccc(N(c6ccccc6)c6cccc7c6c6ccccc6n7C(C)(C)C)cc4cc3-5)cccc21. The zero-order chi connectivity index (χ0) is 46.1. The predicted octanol–water partition coefficient (Wildman–Crippen LogP) is 18.3. The smallest absolute Gasteiger partial charge is 0.0561 e. The van der Waals surface area contributed by atoms with Crippen molar-refractivity contribution in [3.63, 3.8) is 0 Å². The molecular weight excluding hydrogens is 825 g/mol. The Morgan fingerprint density at radius 1 is 0.294 bits per heavy atom. The van der Waals surface area contributed by atoms with E-state index >= 15 is 0 Å². The summed E-state index contributed by atoms with van der Waals surface area (Å²) in [5, 5.41) is 9.99. The highest BCUT2D eigenvalue weighted by molar-refractivity contribution is 6.18. The monoisotopic (exact) mass is 876 g/mol. The van der Waals surface area contributed by atoms with Gasteiger partial charge in [-0.3, -0.25) is 0 Å². The number of rotatable bonds is 6. The summed E-state index contributed by atoms with van der Waals surface area (Å²) >= 11 is 0. The third kappa shape index (κ3) is 6.06. The van der Waals surface area contributed by atoms with Gasteiger partial charge in [0.1, 0.15) is 0 Å². The minimum atomic E-state index is -0.0977. The number of benzene rings is 10. The maximum atomic E-state index is 2.50. The van der Waals surface area contributed by atoms with E-state index in [1.807, 2.05) is 0 Å². The van der Waals surface area contributed by atoms with Gasteiger partial charge >= 0.3 is 0 Å². The van der Waals surface area contributed by atoms with Gasteiger partial charge in [-0.25, -0.2) is 0 Å². The number of hydrogen-bond acceptors (Lipinski definition) is 2. The van der Waals surface area contributed by atoms with Crippen LogP contribution in [-0.2, 0) is 11.1 Å². The van der Waals surface area contributed by atoms with Crippen LogP contribution >= 0.6 is 0 Å². The molecule has 0 N–H and O–H groups in total. The summed E-state index contributed by atoms with van der Waals surface area (Å²) in [4.78, 5) is 4.89. The minimum Gasteiger partial charge on any atom is -0.335 e. The van der Waals surface area contributed by atoms with Crippen LogP contribution in [0.4, 0.5) is 34.1 Å². The van der Waals surface area contributed by atoms with Gasteiger partial charge in [0.05, 0.1) is 22.4 Å². The lowest BCUT2D eigenvalue weighted by Crippen LogP contribution is -2.21. The minimum absolute atomic E-state index is 0.0977. The van der Waals surface area contributed by atoms with Gasteiger partial charge in [-0.15, -0.1) is 0 Å². The summed E-state index contributed by atoms with van der Waals surface area (Å²) in [6.45, 7) is 13.8. The Hall–Kier alpha value is -8.08. The van der Waals surface area contributed by atoms with Gasteiger partial charge < -0.3 is 18.9 Å². The summed E-state index contributed by atoms with van der Waals surface area (Å²) in [5.41, 5.74) is 16.9. The topological polar surface area (TPSA) is 16.3 Å². The number of anilines is 6. The average molecular weight is 877 g/mol. The summed E-state index contributed by atoms with van der Waals surface area (Å²) in [6.07, 6.45) is 0. The van der Waals surface area contributed by atoms with E-state index < -0.39 is 0 Å². The van der Waals surface area contributed by atoms with Gasteiger partial charge in [0.15, 0.2) is 0 Å². The largest absolute Gasteiger partial charge is 0.335 e. The lowest BCUT2D eigenvalue weighted by Gasteiger charge is -2.29. The lowest BCUT2D eigenvalue weighted by molar-refractivity contribution is 0.423. The van der Waals surface area contributed by atoms with Crippen LogP contribution in [0.1, 0.15) is 41.5 Å². The fourth-order valence-corrected chi connectivity index (χ4v) is 11.5. The zero-order valence-electron chi connectivity index (χ0n) is 39.4. The fourth-order valence-electron chi connectivity index (χ4n) is 11.5. The number of fused-ring (bicyclic) bond motifs is 12. The van der Waals surface area contributed by atoms with Gasteiger partial charge in [0.2, 0.25) is 0 Å². The molecule has 12 aromatic rings. The molecule has 68 heavy (non-hydrogen) atoms. The second kappa shape index (κ2) is 14.7. The molecule has 13 rings (SSSR count). The van der Waals surface area contributed by atoms with Crippen molar-refractivity contribution in [1.82, 2.24) is 9.13 Å². The molecule has 1 aliphatic carbocycles. The average Bonchev–Trinajstić information content (AvgIpc) is 3.89. The van der Waals surface area contributed by atoms with E-state index in [1.54, 1.807) is 0 Å². The highest BCUT2D eigenvalue weighted by atomic mass is 15.2. The molecule has 1 aliphatic rings. The van der Waals surface area contributed by atoms with E-state index in [4.69, 9.17) is 0 Å². The van der Waals surface area contributed by atoms with Crippen molar-refractivity contribution in [3.8, 4) is 22.3 Å². The van der Waals surface area contributed by atoms with Gasteiger partial charge in [-0.1, -0.05) is 97.1 Å². The molecule has 0 radical (unpaired) electrons. The molecule has 0 unspecified atom stereocenters. The second-order valence-corrected chi connectivity index (χ2v) is 20.6. The van der Waals surface area contributed by atoms with Gasteiger partial charge in [-0.2, -0.15) is 0 Å². The third-order valence-electron chi connectivity index (χ3n) is 14.2. The highest BCUT2D eigenvalue weighted by Crippen LogP contribution is 2.52. The number of para-hydroxylation sites is 4. The van der Waals surface area contributed by atoms with Crippen LogP contribution < -0.4 is 9.80 Å². The molecule has 10 aromatic carbocycles. The first-order valence-corrected chi connectivity index (χ1v) is 23.9. The van der Waals surface area contributed by atoms with Crippen LogP contribution in [0.2, 0.25) is 0 Å². The molecule has 2 aromatic heterocycles. The zero-order valence-corrected chi connectivity index (χ0v) is 39.4. The maximum Gasteiger partial charge on any atom is 0.0561 e. The van der Waals surface area contributed by atoms with Crippen molar-refractivity contribution < 1.29 is 0 Å². The van der Waals surface area contributed by atoms with Crippen LogP contribution in [-0.4, -0.2) is 9.13 Å². The van der Waals surface area contributed by atoms with Crippen LogP contribution in [0.25, 0.3) is 87.4 Å². The van der Waals surface area contributed by atoms with Crippen LogP contribution in [0, 0.1) is 0 Å². The highest BCUT2D eigenvalue weighted by Gasteiger charge is 2.28. The van der Waals surface area contributed by atoms with Crippen molar-refractivity contribution >= 4 is 99.3 Å². The van der Waals surface area contributed by atoms with Crippen LogP contribution in [0.5, 0.6) is 0 Å². The van der Waals surface area contributed by atoms with Crippen molar-refractivity contribution in [2.75, 3.05) is 9.80 Å². The Bertz CT molecular complexity index is 3710. The molecule has 0 saturated carbocycles. The Morgan fingerprint density at radius 2 is 0.647 bits per heavy atom. The molecule has 2 heterocycles. The van der Waals surface area contributed by atoms with Crippen molar-refractivity contribution in [3.05, 3.63) is 206 Å². The van der Waals surface area contributed by atoms with E-state index in [9.17, 15) is 0 Å². The van der Waals surface area contributed by atoms with E-state index in [1.165, 1.54) is 98.8 Å². The summed E-state index contributed by atoms with van der Waals surface area (Å²) in [7, 11) is 0. The van der Waals surface area contributed by atoms with Gasteiger partial charge in [0, 0.05) is 66.4 Å². The molecule has 0 atom stereocenters. The lowest BCUT2D eigenvalue weighted by atomic mass is 9.78. The first-order valence-electron chi connectivity index (χ1n) is 23.9. The van der Waals surface area contributed by atoms with Gasteiger partial charge in [0.25, 0.3) is 0 Å². The molecule has 4 nitrogen and oxygen atoms in total. The van der Waals surface area contributed by atoms with Crippen LogP contribution in [0.3, 0.4) is 0 Å². The van der Waals surface area contributed by atoms with E-state index in [0.717, 1.165) is 22.7 Å². The summed E-state index contributed by atoms with van der Waals surface area (Å²) in [6, 6.07) is 76.6. The molecule has 0 aliphatic heterocycles. The van der Waals surface area contributed by atoms with Crippen molar-refractivity contribution in [2.24, 2.45) is 0 Å². The molecule has 328 valence electrons. The Morgan fingerprint density at radius 3 is 1.04 bits per heavy atom. The van der Waals surface area contributed by atoms with Crippen molar-refractivity contribution in [2.45, 2.75) is 52.6 Å². The molecule has 0 fully saturated rings. The molecule has 0 amide bonds. The fraction of sp³-hybridized carbons (Fsp3) is 0.125. The van der Waals surface area contributed by atoms with E-state index in [2.05, 4.69) is 267 Å². The normalized spacial score (nSPS) is 12.6. The number of hydrogen-bond donors (Lipinski definition) is 0. The maximum absolute atomic E-state index is 2.50. The Labute approximate surface area is 397 Å². The summed E-state index contributed by atoms with van der Waals surface area (Å²) in [5.74, 6) is 0.